The Morgan fingerprint density at radius 2 is 2.07 bits per heavy atom. The van der Waals surface area contributed by atoms with Crippen molar-refractivity contribution in [2.75, 3.05) is 32.7 Å². The molecule has 4 heterocycles. The average molecular weight is 438 g/mol. The van der Waals surface area contributed by atoms with Crippen molar-refractivity contribution in [1.29, 1.82) is 5.41 Å². The highest BCUT2D eigenvalue weighted by Crippen LogP contribution is 2.51. The van der Waals surface area contributed by atoms with Crippen molar-refractivity contribution in [3.8, 4) is 0 Å². The number of carboxylic acids is 1. The van der Waals surface area contributed by atoms with Gasteiger partial charge in [0.15, 0.2) is 5.96 Å². The molecular weight excluding hydrogens is 406 g/mol. The van der Waals surface area contributed by atoms with Gasteiger partial charge in [0.2, 0.25) is 5.91 Å². The summed E-state index contributed by atoms with van der Waals surface area (Å²) in [6.45, 7) is 8.08. The first-order chi connectivity index (χ1) is 14.2. The van der Waals surface area contributed by atoms with Crippen LogP contribution in [0.1, 0.15) is 26.7 Å². The van der Waals surface area contributed by atoms with Crippen LogP contribution in [0.2, 0.25) is 0 Å². The highest BCUT2D eigenvalue weighted by molar-refractivity contribution is 8.03. The van der Waals surface area contributed by atoms with Crippen LogP contribution in [0.15, 0.2) is 10.6 Å². The molecule has 5 N–H and O–H groups in total. The number of hydrogen-bond donors (Lipinski definition) is 4. The van der Waals surface area contributed by atoms with Crippen molar-refractivity contribution in [3.63, 3.8) is 0 Å². The summed E-state index contributed by atoms with van der Waals surface area (Å²) in [6, 6.07) is -0.250. The monoisotopic (exact) mass is 437 g/mol. The van der Waals surface area contributed by atoms with Crippen LogP contribution >= 0.6 is 11.8 Å². The highest BCUT2D eigenvalue weighted by Gasteiger charge is 2.60. The predicted molar refractivity (Wildman–Crippen MR) is 114 cm³/mol. The number of aliphatic hydroxyl groups excluding tert-OH is 1. The molecule has 4 aliphatic rings. The molecule has 9 nitrogen and oxygen atoms in total. The van der Waals surface area contributed by atoms with Gasteiger partial charge in [-0.1, -0.05) is 6.92 Å². The van der Waals surface area contributed by atoms with Crippen LogP contribution in [0.4, 0.5) is 0 Å². The molecule has 4 rings (SSSR count). The lowest BCUT2D eigenvalue weighted by atomic mass is 9.79. The van der Waals surface area contributed by atoms with Crippen LogP contribution in [0, 0.1) is 23.2 Å². The molecule has 3 fully saturated rings. The number of nitrogens with two attached hydrogens (primary N) is 1. The van der Waals surface area contributed by atoms with Gasteiger partial charge in [0.05, 0.1) is 18.1 Å². The van der Waals surface area contributed by atoms with Crippen molar-refractivity contribution >= 4 is 29.6 Å². The van der Waals surface area contributed by atoms with Gasteiger partial charge in [-0.05, 0) is 32.2 Å². The van der Waals surface area contributed by atoms with Crippen LogP contribution in [0.25, 0.3) is 0 Å². The number of aliphatic hydroxyl groups is 1. The number of aliphatic carboxylic acids is 1. The number of hydrogen-bond acceptors (Lipinski definition) is 6. The second-order valence-corrected chi connectivity index (χ2v) is 10.4. The maximum Gasteiger partial charge on any atom is 0.353 e. The minimum absolute atomic E-state index is 0.0774. The summed E-state index contributed by atoms with van der Waals surface area (Å²) in [6.07, 6.45) is 1.25. The average Bonchev–Trinajstić information content (AvgIpc) is 3.35. The van der Waals surface area contributed by atoms with Crippen LogP contribution in [0.5, 0.6) is 0 Å². The predicted octanol–water partition coefficient (Wildman–Crippen LogP) is 0.163. The van der Waals surface area contributed by atoms with Crippen molar-refractivity contribution in [2.24, 2.45) is 23.5 Å². The second-order valence-electron chi connectivity index (χ2n) is 9.05. The van der Waals surface area contributed by atoms with Gasteiger partial charge < -0.3 is 30.6 Å². The van der Waals surface area contributed by atoms with E-state index >= 15 is 0 Å². The van der Waals surface area contributed by atoms with E-state index in [1.807, 2.05) is 11.8 Å². The van der Waals surface area contributed by atoms with E-state index in [9.17, 15) is 19.8 Å². The molecule has 0 aromatic rings. The Morgan fingerprint density at radius 3 is 2.67 bits per heavy atom. The normalized spacial score (nSPS) is 35.0. The molecule has 4 aliphatic heterocycles. The number of fused-ring (bicyclic) bond motifs is 1. The van der Waals surface area contributed by atoms with Gasteiger partial charge in [0, 0.05) is 42.3 Å². The first-order valence-corrected chi connectivity index (χ1v) is 11.5. The van der Waals surface area contributed by atoms with Gasteiger partial charge in [-0.15, -0.1) is 11.8 Å². The Balaban J connectivity index is 1.39. The Bertz CT molecular complexity index is 787. The number of guanidine groups is 1. The summed E-state index contributed by atoms with van der Waals surface area (Å²) in [5.74, 6) is -1.28. The zero-order chi connectivity index (χ0) is 21.7. The third-order valence-corrected chi connectivity index (χ3v) is 8.51. The quantitative estimate of drug-likeness (QED) is 0.262. The molecule has 0 aromatic heterocycles. The summed E-state index contributed by atoms with van der Waals surface area (Å²) in [5, 5.41) is 27.6. The zero-order valence-corrected chi connectivity index (χ0v) is 18.3. The molecule has 0 saturated carbocycles. The molecule has 6 atom stereocenters. The van der Waals surface area contributed by atoms with E-state index in [-0.39, 0.29) is 29.5 Å². The van der Waals surface area contributed by atoms with Crippen molar-refractivity contribution in [1.82, 2.24) is 14.7 Å². The SMILES string of the molecule is CC(O)[C@H]1C(=O)N2C(C(=O)O)=C(S[C@@H]3CCN(C[C@H]4CCN(C(=N)N)C4)C3)[C@H](C)[C@H]12. The topological polar surface area (TPSA) is 134 Å². The first kappa shape index (κ1) is 21.5. The van der Waals surface area contributed by atoms with Crippen molar-refractivity contribution in [3.05, 3.63) is 10.6 Å². The number of amides is 1. The smallest absolute Gasteiger partial charge is 0.353 e. The number of likely N-dealkylation sites (tertiary alicyclic amines) is 2. The number of β-lactam (4-membered cyclic amide) rings is 1. The van der Waals surface area contributed by atoms with Gasteiger partial charge in [-0.2, -0.15) is 0 Å². The maximum absolute atomic E-state index is 12.5. The molecule has 30 heavy (non-hydrogen) atoms. The fraction of sp³-hybridized carbons (Fsp3) is 0.750. The van der Waals surface area contributed by atoms with Crippen molar-refractivity contribution in [2.45, 2.75) is 44.1 Å². The molecule has 0 radical (unpaired) electrons. The number of carbonyl (C=O) groups is 2. The Kier molecular flexibility index (Phi) is 5.75. The lowest BCUT2D eigenvalue weighted by Gasteiger charge is -2.46. The van der Waals surface area contributed by atoms with Crippen LogP contribution in [-0.2, 0) is 9.59 Å². The van der Waals surface area contributed by atoms with Crippen LogP contribution in [-0.4, -0.2) is 92.9 Å². The minimum atomic E-state index is -1.06. The van der Waals surface area contributed by atoms with Gasteiger partial charge >= 0.3 is 5.97 Å². The van der Waals surface area contributed by atoms with E-state index in [4.69, 9.17) is 11.1 Å². The minimum Gasteiger partial charge on any atom is -0.477 e. The molecule has 0 spiro atoms. The highest BCUT2D eigenvalue weighted by atomic mass is 32.2. The number of carboxylic acid groups (broad SMARTS) is 1. The third-order valence-electron chi connectivity index (χ3n) is 6.98. The number of nitrogens with zero attached hydrogens (tertiary/aromatic N) is 3. The summed E-state index contributed by atoms with van der Waals surface area (Å²) >= 11 is 1.61. The maximum atomic E-state index is 12.5. The molecule has 0 bridgehead atoms. The van der Waals surface area contributed by atoms with E-state index in [1.54, 1.807) is 18.7 Å². The second kappa shape index (κ2) is 8.05. The van der Waals surface area contributed by atoms with E-state index < -0.39 is 18.0 Å². The number of thioether (sulfide) groups is 1. The Hall–Kier alpha value is -1.78. The van der Waals surface area contributed by atoms with Gasteiger partial charge in [0.25, 0.3) is 0 Å². The number of rotatable bonds is 6. The summed E-state index contributed by atoms with van der Waals surface area (Å²) in [7, 11) is 0. The largest absolute Gasteiger partial charge is 0.477 e. The summed E-state index contributed by atoms with van der Waals surface area (Å²) in [5.41, 5.74) is 5.71. The van der Waals surface area contributed by atoms with Crippen molar-refractivity contribution < 1.29 is 19.8 Å². The number of carbonyl (C=O) groups excluding carboxylic acids is 1. The number of nitrogens with one attached hydrogen (secondary N) is 1. The van der Waals surface area contributed by atoms with Crippen LogP contribution < -0.4 is 5.73 Å². The fourth-order valence-corrected chi connectivity index (χ4v) is 7.00. The van der Waals surface area contributed by atoms with E-state index in [0.29, 0.717) is 11.2 Å². The third kappa shape index (κ3) is 3.58. The van der Waals surface area contributed by atoms with E-state index in [1.165, 1.54) is 4.90 Å². The Labute approximate surface area is 180 Å². The zero-order valence-electron chi connectivity index (χ0n) is 17.5. The molecular formula is C20H31N5O4S. The summed E-state index contributed by atoms with van der Waals surface area (Å²) in [4.78, 5) is 30.9. The standard InChI is InChI=1S/C20H31N5O4S/c1-10-15-14(11(2)26)18(27)25(15)16(19(28)29)17(10)30-13-4-5-23(9-13)7-12-3-6-24(8-12)20(21)22/h10-15,26H,3-9H2,1-2H3,(H3,21,22)(H,28,29)/t10-,11?,12-,13-,14-,15-/m1/s1. The molecule has 0 aliphatic carbocycles. The van der Waals surface area contributed by atoms with Gasteiger partial charge in [-0.3, -0.25) is 10.2 Å². The molecule has 166 valence electrons. The Morgan fingerprint density at radius 1 is 1.33 bits per heavy atom. The fourth-order valence-electron chi connectivity index (χ4n) is 5.48. The van der Waals surface area contributed by atoms with Crippen LogP contribution in [0.3, 0.4) is 0 Å². The lowest BCUT2D eigenvalue weighted by molar-refractivity contribution is -0.163. The molecule has 1 unspecified atom stereocenters. The van der Waals surface area contributed by atoms with E-state index in [2.05, 4.69) is 4.90 Å². The molecule has 1 amide bonds. The molecule has 10 heteroatoms. The first-order valence-electron chi connectivity index (χ1n) is 10.7. The summed E-state index contributed by atoms with van der Waals surface area (Å²) < 4.78 is 0. The van der Waals surface area contributed by atoms with Gasteiger partial charge in [0.1, 0.15) is 5.70 Å². The van der Waals surface area contributed by atoms with Gasteiger partial charge in [-0.25, -0.2) is 4.79 Å². The lowest BCUT2D eigenvalue weighted by Crippen LogP contribution is -2.63. The molecule has 0 aromatic carbocycles. The molecule has 3 saturated heterocycles. The van der Waals surface area contributed by atoms with E-state index in [0.717, 1.165) is 50.5 Å².